The predicted molar refractivity (Wildman–Crippen MR) is 87.8 cm³/mol. The smallest absolute Gasteiger partial charge is 0.139 e. The van der Waals surface area contributed by atoms with Gasteiger partial charge >= 0.3 is 0 Å². The number of aliphatic hydroxyl groups is 1. The molecule has 2 nitrogen and oxygen atoms in total. The van der Waals surface area contributed by atoms with Crippen molar-refractivity contribution in [3.05, 3.63) is 0 Å². The highest BCUT2D eigenvalue weighted by Crippen LogP contribution is 2.65. The van der Waals surface area contributed by atoms with E-state index in [1.165, 1.54) is 12.8 Å². The number of rotatable bonds is 0. The summed E-state index contributed by atoms with van der Waals surface area (Å²) in [4.78, 5) is 12.4. The summed E-state index contributed by atoms with van der Waals surface area (Å²) in [7, 11) is 0. The summed E-state index contributed by atoms with van der Waals surface area (Å²) < 4.78 is 0. The Morgan fingerprint density at radius 2 is 1.77 bits per heavy atom. The van der Waals surface area contributed by atoms with Crippen molar-refractivity contribution in [2.24, 2.45) is 34.5 Å². The van der Waals surface area contributed by atoms with Crippen LogP contribution in [0.1, 0.15) is 65.2 Å². The molecule has 1 N–H and O–H groups in total. The summed E-state index contributed by atoms with van der Waals surface area (Å²) in [5.74, 6) is 3.02. The van der Waals surface area contributed by atoms with Gasteiger partial charge in [0.15, 0.2) is 0 Å². The fourth-order valence-electron chi connectivity index (χ4n) is 7.04. The van der Waals surface area contributed by atoms with Gasteiger partial charge in [-0.1, -0.05) is 13.8 Å². The lowest BCUT2D eigenvalue weighted by Crippen LogP contribution is -2.57. The molecule has 0 aromatic rings. The Hall–Kier alpha value is -0.0800. The molecule has 4 rings (SSSR count). The average Bonchev–Trinajstić information content (AvgIpc) is 2.79. The molecule has 4 aliphatic carbocycles. The second-order valence-corrected chi connectivity index (χ2v) is 9.54. The molecule has 0 aromatic carbocycles. The summed E-state index contributed by atoms with van der Waals surface area (Å²) in [6, 6.07) is 0. The molecule has 3 heteroatoms. The minimum absolute atomic E-state index is 0.0289. The molecule has 4 aliphatic rings. The standard InChI is InChI=1S/C19H29ClO2/c1-18-10-8-15(21)17(20)14(18)4-3-11-12-5-6-16(22)19(12,2)9-7-13(11)18/h11-15,17,21H,3-10H2,1-2H3/t11-,12-,13-,14-,15+,17-,18+,19+/m0/s1. The van der Waals surface area contributed by atoms with Crippen molar-refractivity contribution < 1.29 is 9.90 Å². The molecular weight excluding hydrogens is 296 g/mol. The van der Waals surface area contributed by atoms with Gasteiger partial charge in [-0.2, -0.15) is 0 Å². The highest BCUT2D eigenvalue weighted by atomic mass is 35.5. The van der Waals surface area contributed by atoms with Crippen LogP contribution in [-0.2, 0) is 4.79 Å². The number of aliphatic hydroxyl groups excluding tert-OH is 1. The van der Waals surface area contributed by atoms with E-state index in [0.29, 0.717) is 29.5 Å². The topological polar surface area (TPSA) is 37.3 Å². The minimum atomic E-state index is -0.321. The third-order valence-corrected chi connectivity index (χ3v) is 8.98. The number of hydrogen-bond donors (Lipinski definition) is 1. The molecule has 4 fully saturated rings. The van der Waals surface area contributed by atoms with Crippen LogP contribution in [0.2, 0.25) is 0 Å². The molecule has 22 heavy (non-hydrogen) atoms. The molecular formula is C19H29ClO2. The highest BCUT2D eigenvalue weighted by molar-refractivity contribution is 6.21. The third kappa shape index (κ3) is 1.86. The molecule has 8 atom stereocenters. The van der Waals surface area contributed by atoms with Gasteiger partial charge in [-0.15, -0.1) is 11.6 Å². The van der Waals surface area contributed by atoms with E-state index in [0.717, 1.165) is 38.5 Å². The van der Waals surface area contributed by atoms with E-state index in [1.807, 2.05) is 0 Å². The fraction of sp³-hybridized carbons (Fsp3) is 0.947. The second-order valence-electron chi connectivity index (χ2n) is 9.03. The summed E-state index contributed by atoms with van der Waals surface area (Å²) in [5, 5.41) is 10.1. The Morgan fingerprint density at radius 3 is 2.55 bits per heavy atom. The molecule has 0 radical (unpaired) electrons. The second kappa shape index (κ2) is 4.96. The first-order valence-electron chi connectivity index (χ1n) is 9.23. The predicted octanol–water partition coefficient (Wildman–Crippen LogP) is 4.18. The molecule has 0 aromatic heterocycles. The SMILES string of the molecule is C[C@]12CC[C@@H](O)[C@@H](Cl)[C@@H]1CC[C@@H]1[C@@H]2CC[C@@]2(C)C(=O)CC[C@@H]12. The van der Waals surface area contributed by atoms with E-state index in [9.17, 15) is 9.90 Å². The Balaban J connectivity index is 1.65. The molecule has 0 unspecified atom stereocenters. The van der Waals surface area contributed by atoms with Gasteiger partial charge in [0, 0.05) is 11.8 Å². The van der Waals surface area contributed by atoms with Crippen LogP contribution in [0.25, 0.3) is 0 Å². The van der Waals surface area contributed by atoms with Crippen molar-refractivity contribution in [2.45, 2.75) is 76.7 Å². The Morgan fingerprint density at radius 1 is 1.00 bits per heavy atom. The van der Waals surface area contributed by atoms with E-state index < -0.39 is 0 Å². The van der Waals surface area contributed by atoms with Crippen LogP contribution in [-0.4, -0.2) is 22.4 Å². The largest absolute Gasteiger partial charge is 0.392 e. The van der Waals surface area contributed by atoms with E-state index in [-0.39, 0.29) is 22.3 Å². The van der Waals surface area contributed by atoms with Crippen LogP contribution >= 0.6 is 11.6 Å². The van der Waals surface area contributed by atoms with Gasteiger partial charge in [-0.05, 0) is 74.0 Å². The van der Waals surface area contributed by atoms with Crippen molar-refractivity contribution in [1.82, 2.24) is 0 Å². The van der Waals surface area contributed by atoms with E-state index >= 15 is 0 Å². The summed E-state index contributed by atoms with van der Waals surface area (Å²) in [5.41, 5.74) is 0.250. The maximum atomic E-state index is 12.4. The summed E-state index contributed by atoms with van der Waals surface area (Å²) >= 11 is 6.62. The van der Waals surface area contributed by atoms with Crippen molar-refractivity contribution >= 4 is 17.4 Å². The van der Waals surface area contributed by atoms with Crippen molar-refractivity contribution in [3.63, 3.8) is 0 Å². The number of carbonyl (C=O) groups excluding carboxylic acids is 1. The van der Waals surface area contributed by atoms with Crippen LogP contribution in [0.4, 0.5) is 0 Å². The van der Waals surface area contributed by atoms with Gasteiger partial charge in [0.05, 0.1) is 11.5 Å². The number of Topliss-reactive ketones (excluding diaryl/α,β-unsaturated/α-hetero) is 1. The Labute approximate surface area is 139 Å². The Kier molecular flexibility index (Phi) is 3.48. The fourth-order valence-corrected chi connectivity index (χ4v) is 7.58. The zero-order chi connectivity index (χ0) is 15.7. The van der Waals surface area contributed by atoms with Crippen LogP contribution in [0.3, 0.4) is 0 Å². The van der Waals surface area contributed by atoms with Crippen molar-refractivity contribution in [3.8, 4) is 0 Å². The van der Waals surface area contributed by atoms with E-state index in [1.54, 1.807) is 0 Å². The van der Waals surface area contributed by atoms with Gasteiger partial charge in [-0.25, -0.2) is 0 Å². The van der Waals surface area contributed by atoms with E-state index in [4.69, 9.17) is 11.6 Å². The van der Waals surface area contributed by atoms with Gasteiger partial charge in [0.1, 0.15) is 5.78 Å². The quantitative estimate of drug-likeness (QED) is 0.679. The van der Waals surface area contributed by atoms with Crippen molar-refractivity contribution in [1.29, 1.82) is 0 Å². The molecule has 0 heterocycles. The molecule has 0 aliphatic heterocycles. The van der Waals surface area contributed by atoms with Crippen LogP contribution in [0.5, 0.6) is 0 Å². The number of carbonyl (C=O) groups is 1. The zero-order valence-corrected chi connectivity index (χ0v) is 14.6. The maximum absolute atomic E-state index is 12.4. The lowest BCUT2D eigenvalue weighted by molar-refractivity contribution is -0.141. The van der Waals surface area contributed by atoms with Gasteiger partial charge in [0.2, 0.25) is 0 Å². The molecule has 0 spiro atoms. The molecule has 124 valence electrons. The zero-order valence-electron chi connectivity index (χ0n) is 13.9. The normalized spacial score (nSPS) is 57.9. The number of hydrogen-bond acceptors (Lipinski definition) is 2. The lowest BCUT2D eigenvalue weighted by Gasteiger charge is -2.61. The lowest BCUT2D eigenvalue weighted by atomic mass is 9.45. The molecule has 4 saturated carbocycles. The third-order valence-electron chi connectivity index (χ3n) is 8.38. The van der Waals surface area contributed by atoms with Crippen LogP contribution in [0.15, 0.2) is 0 Å². The highest BCUT2D eigenvalue weighted by Gasteiger charge is 2.61. The minimum Gasteiger partial charge on any atom is -0.392 e. The Bertz CT molecular complexity index is 492. The number of ketones is 1. The number of alkyl halides is 1. The maximum Gasteiger partial charge on any atom is 0.139 e. The molecule has 0 saturated heterocycles. The number of fused-ring (bicyclic) bond motifs is 5. The monoisotopic (exact) mass is 324 g/mol. The molecule has 0 amide bonds. The van der Waals surface area contributed by atoms with Crippen molar-refractivity contribution in [2.75, 3.05) is 0 Å². The van der Waals surface area contributed by atoms with Gasteiger partial charge < -0.3 is 5.11 Å². The first-order chi connectivity index (χ1) is 10.4. The number of halogens is 1. The molecule has 0 bridgehead atoms. The first kappa shape index (κ1) is 15.4. The van der Waals surface area contributed by atoms with Crippen LogP contribution < -0.4 is 0 Å². The van der Waals surface area contributed by atoms with E-state index in [2.05, 4.69) is 13.8 Å². The summed E-state index contributed by atoms with van der Waals surface area (Å²) in [6.45, 7) is 4.68. The summed E-state index contributed by atoms with van der Waals surface area (Å²) in [6.07, 6.45) is 8.19. The average molecular weight is 325 g/mol. The van der Waals surface area contributed by atoms with Gasteiger partial charge in [0.25, 0.3) is 0 Å². The van der Waals surface area contributed by atoms with Crippen LogP contribution in [0, 0.1) is 34.5 Å². The van der Waals surface area contributed by atoms with Gasteiger partial charge in [-0.3, -0.25) is 4.79 Å². The first-order valence-corrected chi connectivity index (χ1v) is 9.67.